The van der Waals surface area contributed by atoms with E-state index >= 15 is 0 Å². The highest BCUT2D eigenvalue weighted by atomic mass is 32.2. The fourth-order valence-electron chi connectivity index (χ4n) is 1.50. The van der Waals surface area contributed by atoms with E-state index in [1.54, 1.807) is 0 Å². The number of nitrogens with one attached hydrogen (secondary N) is 1. The van der Waals surface area contributed by atoms with Gasteiger partial charge in [0.15, 0.2) is 0 Å². The van der Waals surface area contributed by atoms with E-state index in [0.29, 0.717) is 0 Å². The maximum absolute atomic E-state index is 12.1. The molecule has 110 valence electrons. The lowest BCUT2D eigenvalue weighted by Crippen LogP contribution is -2.14. The molecule has 0 saturated heterocycles. The average molecular weight is 326 g/mol. The molecular formula is C12H10N2O5S2. The normalized spacial score (nSPS) is 11.0. The number of carbonyl (C=O) groups is 2. The molecule has 1 amide bonds. The molecule has 0 saturated carbocycles. The number of sulfonamides is 1. The second-order valence-electron chi connectivity index (χ2n) is 3.96. The van der Waals surface area contributed by atoms with Gasteiger partial charge >= 0.3 is 5.97 Å². The van der Waals surface area contributed by atoms with Gasteiger partial charge in [0.2, 0.25) is 5.91 Å². The maximum Gasteiger partial charge on any atom is 0.345 e. The Kier molecular flexibility index (Phi) is 3.96. The molecule has 9 heteroatoms. The van der Waals surface area contributed by atoms with Crippen molar-refractivity contribution < 1.29 is 23.1 Å². The Hall–Kier alpha value is -2.39. The lowest BCUT2D eigenvalue weighted by Gasteiger charge is -2.06. The summed E-state index contributed by atoms with van der Waals surface area (Å²) in [5, 5.41) is 8.97. The van der Waals surface area contributed by atoms with E-state index in [1.807, 2.05) is 0 Å². The van der Waals surface area contributed by atoms with Crippen LogP contribution in [0, 0.1) is 0 Å². The predicted octanol–water partition coefficient (Wildman–Crippen LogP) is 1.35. The van der Waals surface area contributed by atoms with E-state index in [1.165, 1.54) is 36.4 Å². The Bertz CT molecular complexity index is 793. The molecular weight excluding hydrogens is 316 g/mol. The fourth-order valence-corrected chi connectivity index (χ4v) is 3.53. The first kappa shape index (κ1) is 15.0. The van der Waals surface area contributed by atoms with Gasteiger partial charge in [0, 0.05) is 5.56 Å². The molecule has 0 aliphatic heterocycles. The number of carboxylic acids is 1. The van der Waals surface area contributed by atoms with Gasteiger partial charge in [-0.2, -0.15) is 0 Å². The Labute approximate surface area is 124 Å². The van der Waals surface area contributed by atoms with Gasteiger partial charge in [-0.15, -0.1) is 11.3 Å². The van der Waals surface area contributed by atoms with Gasteiger partial charge in [-0.25, -0.2) is 13.2 Å². The van der Waals surface area contributed by atoms with Crippen molar-refractivity contribution in [3.8, 4) is 0 Å². The van der Waals surface area contributed by atoms with E-state index in [0.717, 1.165) is 11.3 Å². The van der Waals surface area contributed by atoms with Gasteiger partial charge in [-0.05, 0) is 36.4 Å². The van der Waals surface area contributed by atoms with Gasteiger partial charge in [0.1, 0.15) is 9.88 Å². The standard InChI is InChI=1S/C12H10N2O5S2/c13-11(15)7-1-3-8(4-2-7)21(18,19)14-10-6-5-9(20-10)12(16)17/h1-6,14H,(H2,13,15)(H,16,17). The molecule has 1 heterocycles. The Morgan fingerprint density at radius 1 is 1.10 bits per heavy atom. The van der Waals surface area contributed by atoms with Crippen molar-refractivity contribution in [3.05, 3.63) is 46.8 Å². The van der Waals surface area contributed by atoms with Gasteiger partial charge in [0.25, 0.3) is 10.0 Å². The molecule has 7 nitrogen and oxygen atoms in total. The van der Waals surface area contributed by atoms with E-state index in [4.69, 9.17) is 10.8 Å². The number of hydrogen-bond donors (Lipinski definition) is 3. The second kappa shape index (κ2) is 5.54. The number of benzene rings is 1. The van der Waals surface area contributed by atoms with Crippen LogP contribution in [0.2, 0.25) is 0 Å². The molecule has 1 aromatic heterocycles. The van der Waals surface area contributed by atoms with Crippen LogP contribution in [0.4, 0.5) is 5.00 Å². The number of hydrogen-bond acceptors (Lipinski definition) is 5. The summed E-state index contributed by atoms with van der Waals surface area (Å²) >= 11 is 0.807. The van der Waals surface area contributed by atoms with Crippen LogP contribution in [-0.4, -0.2) is 25.4 Å². The van der Waals surface area contributed by atoms with Crippen molar-refractivity contribution in [1.29, 1.82) is 0 Å². The summed E-state index contributed by atoms with van der Waals surface area (Å²) in [5.74, 6) is -1.78. The molecule has 0 radical (unpaired) electrons. The number of thiophene rings is 1. The summed E-state index contributed by atoms with van der Waals surface area (Å²) in [7, 11) is -3.85. The van der Waals surface area contributed by atoms with Crippen LogP contribution in [0.25, 0.3) is 0 Å². The summed E-state index contributed by atoms with van der Waals surface area (Å²) in [5.41, 5.74) is 5.26. The lowest BCUT2D eigenvalue weighted by atomic mass is 10.2. The number of nitrogens with two attached hydrogens (primary N) is 1. The van der Waals surface area contributed by atoms with Crippen LogP contribution in [0.3, 0.4) is 0 Å². The lowest BCUT2D eigenvalue weighted by molar-refractivity contribution is 0.0702. The van der Waals surface area contributed by atoms with Gasteiger partial charge in [-0.3, -0.25) is 9.52 Å². The molecule has 0 atom stereocenters. The molecule has 0 spiro atoms. The quantitative estimate of drug-likeness (QED) is 0.764. The molecule has 2 aromatic rings. The molecule has 1 aromatic carbocycles. The third kappa shape index (κ3) is 3.38. The zero-order valence-electron chi connectivity index (χ0n) is 10.4. The van der Waals surface area contributed by atoms with Crippen molar-refractivity contribution in [1.82, 2.24) is 0 Å². The van der Waals surface area contributed by atoms with Gasteiger partial charge in [-0.1, -0.05) is 0 Å². The van der Waals surface area contributed by atoms with E-state index < -0.39 is 21.9 Å². The van der Waals surface area contributed by atoms with E-state index in [-0.39, 0.29) is 20.3 Å². The van der Waals surface area contributed by atoms with Crippen LogP contribution in [0.5, 0.6) is 0 Å². The zero-order chi connectivity index (χ0) is 15.6. The van der Waals surface area contributed by atoms with Crippen molar-refractivity contribution in [2.24, 2.45) is 5.73 Å². The van der Waals surface area contributed by atoms with Crippen LogP contribution >= 0.6 is 11.3 Å². The third-order valence-corrected chi connectivity index (χ3v) is 5.00. The zero-order valence-corrected chi connectivity index (χ0v) is 12.1. The molecule has 0 fully saturated rings. The number of aromatic carboxylic acids is 1. The van der Waals surface area contributed by atoms with Crippen LogP contribution in [-0.2, 0) is 10.0 Å². The first-order chi connectivity index (χ1) is 9.79. The van der Waals surface area contributed by atoms with Crippen LogP contribution < -0.4 is 10.5 Å². The van der Waals surface area contributed by atoms with Gasteiger partial charge in [0.05, 0.1) is 4.90 Å². The Morgan fingerprint density at radius 3 is 2.19 bits per heavy atom. The molecule has 0 aliphatic rings. The fraction of sp³-hybridized carbons (Fsp3) is 0. The van der Waals surface area contributed by atoms with Crippen molar-refractivity contribution in [2.45, 2.75) is 4.90 Å². The highest BCUT2D eigenvalue weighted by Gasteiger charge is 2.17. The third-order valence-electron chi connectivity index (χ3n) is 2.50. The molecule has 21 heavy (non-hydrogen) atoms. The summed E-state index contributed by atoms with van der Waals surface area (Å²) < 4.78 is 26.5. The number of carbonyl (C=O) groups excluding carboxylic acids is 1. The predicted molar refractivity (Wildman–Crippen MR) is 77.0 cm³/mol. The number of carboxylic acid groups (broad SMARTS) is 1. The minimum Gasteiger partial charge on any atom is -0.477 e. The highest BCUT2D eigenvalue weighted by Crippen LogP contribution is 2.25. The Morgan fingerprint density at radius 2 is 1.71 bits per heavy atom. The topological polar surface area (TPSA) is 127 Å². The second-order valence-corrected chi connectivity index (χ2v) is 6.73. The van der Waals surface area contributed by atoms with Gasteiger partial charge < -0.3 is 10.8 Å². The monoisotopic (exact) mass is 326 g/mol. The first-order valence-electron chi connectivity index (χ1n) is 5.55. The van der Waals surface area contributed by atoms with Crippen molar-refractivity contribution in [3.63, 3.8) is 0 Å². The number of primary amides is 1. The molecule has 4 N–H and O–H groups in total. The largest absolute Gasteiger partial charge is 0.477 e. The number of rotatable bonds is 5. The minimum atomic E-state index is -3.85. The van der Waals surface area contributed by atoms with E-state index in [2.05, 4.69) is 4.72 Å². The average Bonchev–Trinajstić information content (AvgIpc) is 2.87. The molecule has 2 rings (SSSR count). The van der Waals surface area contributed by atoms with Crippen LogP contribution in [0.15, 0.2) is 41.3 Å². The SMILES string of the molecule is NC(=O)c1ccc(S(=O)(=O)Nc2ccc(C(=O)O)s2)cc1. The summed E-state index contributed by atoms with van der Waals surface area (Å²) in [4.78, 5) is 21.6. The minimum absolute atomic E-state index is 0.0248. The number of amides is 1. The number of anilines is 1. The maximum atomic E-state index is 12.1. The van der Waals surface area contributed by atoms with Crippen LogP contribution in [0.1, 0.15) is 20.0 Å². The van der Waals surface area contributed by atoms with Crippen molar-refractivity contribution in [2.75, 3.05) is 4.72 Å². The molecule has 0 bridgehead atoms. The molecule has 0 unspecified atom stereocenters. The Balaban J connectivity index is 2.24. The van der Waals surface area contributed by atoms with Crippen molar-refractivity contribution >= 4 is 38.2 Å². The summed E-state index contributed by atoms with van der Waals surface area (Å²) in [6.45, 7) is 0. The first-order valence-corrected chi connectivity index (χ1v) is 7.85. The summed E-state index contributed by atoms with van der Waals surface area (Å²) in [6, 6.07) is 7.76. The summed E-state index contributed by atoms with van der Waals surface area (Å²) in [6.07, 6.45) is 0. The molecule has 0 aliphatic carbocycles. The highest BCUT2D eigenvalue weighted by molar-refractivity contribution is 7.93. The van der Waals surface area contributed by atoms with E-state index in [9.17, 15) is 18.0 Å². The smallest absolute Gasteiger partial charge is 0.345 e.